The molecule has 21 heavy (non-hydrogen) atoms. The van der Waals surface area contributed by atoms with Crippen LogP contribution in [0.5, 0.6) is 0 Å². The molecule has 0 radical (unpaired) electrons. The van der Waals surface area contributed by atoms with Gasteiger partial charge in [0.1, 0.15) is 0 Å². The highest BCUT2D eigenvalue weighted by Crippen LogP contribution is 2.23. The Labute approximate surface area is 125 Å². The molecule has 0 bridgehead atoms. The Morgan fingerprint density at radius 2 is 2.24 bits per heavy atom. The predicted molar refractivity (Wildman–Crippen MR) is 82.5 cm³/mol. The molecule has 1 aromatic carbocycles. The first-order valence-electron chi connectivity index (χ1n) is 6.65. The smallest absolute Gasteiger partial charge is 0.257 e. The molecule has 0 saturated carbocycles. The molecule has 1 aromatic rings. The van der Waals surface area contributed by atoms with Crippen molar-refractivity contribution in [3.63, 3.8) is 0 Å². The fourth-order valence-electron chi connectivity index (χ4n) is 2.61. The quantitative estimate of drug-likeness (QED) is 0.663. The molecule has 0 aliphatic carbocycles. The normalized spacial score (nSPS) is 19.9. The fraction of sp³-hybridized carbons (Fsp3) is 0.400. The van der Waals surface area contributed by atoms with E-state index < -0.39 is 9.84 Å². The van der Waals surface area contributed by atoms with Crippen molar-refractivity contribution in [3.8, 4) is 12.3 Å². The molecule has 112 valence electrons. The molecule has 1 aliphatic heterocycles. The SMILES string of the molecule is C#CCN(C(=O)c1c(C)cccc1N)C1CCS(=O)(=O)C1. The van der Waals surface area contributed by atoms with Gasteiger partial charge in [0.2, 0.25) is 0 Å². The Kier molecular flexibility index (Phi) is 4.24. The zero-order valence-electron chi connectivity index (χ0n) is 11.9. The first kappa shape index (κ1) is 15.4. The van der Waals surface area contributed by atoms with Crippen molar-refractivity contribution < 1.29 is 13.2 Å². The van der Waals surface area contributed by atoms with Gasteiger partial charge in [-0.3, -0.25) is 4.79 Å². The van der Waals surface area contributed by atoms with E-state index in [1.165, 1.54) is 4.90 Å². The lowest BCUT2D eigenvalue weighted by molar-refractivity contribution is 0.0724. The molecule has 1 heterocycles. The topological polar surface area (TPSA) is 80.5 Å². The number of nitrogens with zero attached hydrogens (tertiary/aromatic N) is 1. The Morgan fingerprint density at radius 1 is 1.52 bits per heavy atom. The Hall–Kier alpha value is -2.00. The van der Waals surface area contributed by atoms with Gasteiger partial charge in [0.15, 0.2) is 9.84 Å². The summed E-state index contributed by atoms with van der Waals surface area (Å²) in [6, 6.07) is 4.84. The minimum Gasteiger partial charge on any atom is -0.398 e. The maximum Gasteiger partial charge on any atom is 0.257 e. The number of sulfone groups is 1. The first-order valence-corrected chi connectivity index (χ1v) is 8.48. The second kappa shape index (κ2) is 5.78. The largest absolute Gasteiger partial charge is 0.398 e. The number of nitrogens with two attached hydrogens (primary N) is 1. The van der Waals surface area contributed by atoms with E-state index in [2.05, 4.69) is 5.92 Å². The summed E-state index contributed by atoms with van der Waals surface area (Å²) in [6.45, 7) is 1.87. The van der Waals surface area contributed by atoms with Crippen molar-refractivity contribution in [1.29, 1.82) is 0 Å². The average Bonchev–Trinajstić information content (AvgIpc) is 2.75. The molecule has 1 amide bonds. The number of carbonyl (C=O) groups excluding carboxylic acids is 1. The molecule has 0 aromatic heterocycles. The minimum absolute atomic E-state index is 0.0355. The van der Waals surface area contributed by atoms with Crippen molar-refractivity contribution in [2.45, 2.75) is 19.4 Å². The molecule has 2 N–H and O–H groups in total. The number of carbonyl (C=O) groups is 1. The Balaban J connectivity index is 2.35. The summed E-state index contributed by atoms with van der Waals surface area (Å²) in [5, 5.41) is 0. The van der Waals surface area contributed by atoms with Gasteiger partial charge in [0.05, 0.1) is 23.6 Å². The number of amides is 1. The van der Waals surface area contributed by atoms with Gasteiger partial charge >= 0.3 is 0 Å². The summed E-state index contributed by atoms with van der Waals surface area (Å²) in [6.07, 6.45) is 5.75. The first-order chi connectivity index (χ1) is 9.85. The number of anilines is 1. The molecular formula is C15H18N2O3S. The fourth-order valence-corrected chi connectivity index (χ4v) is 4.34. The van der Waals surface area contributed by atoms with Gasteiger partial charge < -0.3 is 10.6 Å². The zero-order valence-corrected chi connectivity index (χ0v) is 12.7. The molecule has 2 rings (SSSR count). The van der Waals surface area contributed by atoms with Crippen molar-refractivity contribution in [3.05, 3.63) is 29.3 Å². The van der Waals surface area contributed by atoms with E-state index in [4.69, 9.17) is 12.2 Å². The van der Waals surface area contributed by atoms with Crippen LogP contribution < -0.4 is 5.73 Å². The number of rotatable bonds is 3. The summed E-state index contributed by atoms with van der Waals surface area (Å²) in [5.74, 6) is 2.19. The van der Waals surface area contributed by atoms with Crippen molar-refractivity contribution in [2.75, 3.05) is 23.8 Å². The highest BCUT2D eigenvalue weighted by Gasteiger charge is 2.35. The molecule has 1 aliphatic rings. The molecule has 1 fully saturated rings. The maximum absolute atomic E-state index is 12.7. The van der Waals surface area contributed by atoms with Crippen LogP contribution in [-0.2, 0) is 9.84 Å². The summed E-state index contributed by atoms with van der Waals surface area (Å²) in [7, 11) is -3.09. The highest BCUT2D eigenvalue weighted by atomic mass is 32.2. The summed E-state index contributed by atoms with van der Waals surface area (Å²) in [5.41, 5.74) is 7.42. The third-order valence-corrected chi connectivity index (χ3v) is 5.44. The van der Waals surface area contributed by atoms with Gasteiger partial charge in [0, 0.05) is 11.7 Å². The van der Waals surface area contributed by atoms with Gasteiger partial charge in [-0.1, -0.05) is 18.1 Å². The van der Waals surface area contributed by atoms with Gasteiger partial charge in [-0.2, -0.15) is 0 Å². The van der Waals surface area contributed by atoms with Crippen molar-refractivity contribution in [2.24, 2.45) is 0 Å². The van der Waals surface area contributed by atoms with Crippen LogP contribution in [0.2, 0.25) is 0 Å². The van der Waals surface area contributed by atoms with E-state index in [1.807, 2.05) is 0 Å². The number of terminal acetylenes is 1. The summed E-state index contributed by atoms with van der Waals surface area (Å²) in [4.78, 5) is 14.2. The molecular weight excluding hydrogens is 288 g/mol. The molecule has 1 unspecified atom stereocenters. The van der Waals surface area contributed by atoms with Crippen LogP contribution in [0.15, 0.2) is 18.2 Å². The van der Waals surface area contributed by atoms with Crippen LogP contribution in [0.3, 0.4) is 0 Å². The minimum atomic E-state index is -3.09. The van der Waals surface area contributed by atoms with Gasteiger partial charge in [0.25, 0.3) is 5.91 Å². The Morgan fingerprint density at radius 3 is 2.76 bits per heavy atom. The number of hydrogen-bond donors (Lipinski definition) is 1. The number of aryl methyl sites for hydroxylation is 1. The number of nitrogen functional groups attached to an aromatic ring is 1. The number of benzene rings is 1. The van der Waals surface area contributed by atoms with Crippen LogP contribution in [0.1, 0.15) is 22.3 Å². The summed E-state index contributed by atoms with van der Waals surface area (Å²) >= 11 is 0. The van der Waals surface area contributed by atoms with Crippen LogP contribution in [-0.4, -0.2) is 43.3 Å². The van der Waals surface area contributed by atoms with E-state index in [-0.39, 0.29) is 30.0 Å². The summed E-state index contributed by atoms with van der Waals surface area (Å²) < 4.78 is 23.3. The second-order valence-corrected chi connectivity index (χ2v) is 7.46. The van der Waals surface area contributed by atoms with Gasteiger partial charge in [-0.25, -0.2) is 8.42 Å². The third-order valence-electron chi connectivity index (χ3n) is 3.69. The van der Waals surface area contributed by atoms with E-state index in [0.717, 1.165) is 5.56 Å². The van der Waals surface area contributed by atoms with Crippen LogP contribution in [0.4, 0.5) is 5.69 Å². The molecule has 6 heteroatoms. The lowest BCUT2D eigenvalue weighted by Crippen LogP contribution is -2.42. The van der Waals surface area contributed by atoms with Gasteiger partial charge in [-0.05, 0) is 25.0 Å². The highest BCUT2D eigenvalue weighted by molar-refractivity contribution is 7.91. The van der Waals surface area contributed by atoms with Gasteiger partial charge in [-0.15, -0.1) is 6.42 Å². The van der Waals surface area contributed by atoms with E-state index in [0.29, 0.717) is 17.7 Å². The average molecular weight is 306 g/mol. The van der Waals surface area contributed by atoms with Crippen LogP contribution >= 0.6 is 0 Å². The predicted octanol–water partition coefficient (Wildman–Crippen LogP) is 0.840. The van der Waals surface area contributed by atoms with Crippen LogP contribution in [0.25, 0.3) is 0 Å². The Bertz CT molecular complexity index is 684. The van der Waals surface area contributed by atoms with E-state index in [1.54, 1.807) is 25.1 Å². The van der Waals surface area contributed by atoms with E-state index in [9.17, 15) is 13.2 Å². The molecule has 1 atom stereocenters. The van der Waals surface area contributed by atoms with Crippen LogP contribution in [0, 0.1) is 19.3 Å². The third kappa shape index (κ3) is 3.19. The standard InChI is InChI=1S/C15H18N2O3S/c1-3-8-17(12-7-9-21(19,20)10-12)15(18)14-11(2)5-4-6-13(14)16/h1,4-6,12H,7-10,16H2,2H3. The molecule has 5 nitrogen and oxygen atoms in total. The lowest BCUT2D eigenvalue weighted by Gasteiger charge is -2.27. The van der Waals surface area contributed by atoms with Crippen molar-refractivity contribution in [1.82, 2.24) is 4.90 Å². The second-order valence-electron chi connectivity index (χ2n) is 5.23. The zero-order chi connectivity index (χ0) is 15.6. The van der Waals surface area contributed by atoms with E-state index >= 15 is 0 Å². The molecule has 1 saturated heterocycles. The number of hydrogen-bond acceptors (Lipinski definition) is 4. The monoisotopic (exact) mass is 306 g/mol. The lowest BCUT2D eigenvalue weighted by atomic mass is 10.0. The molecule has 0 spiro atoms. The maximum atomic E-state index is 12.7. The van der Waals surface area contributed by atoms with Crippen molar-refractivity contribution >= 4 is 21.4 Å².